The second-order valence-corrected chi connectivity index (χ2v) is 13.4. The molecule has 0 fully saturated rings. The van der Waals surface area contributed by atoms with Gasteiger partial charge < -0.3 is 9.80 Å². The molecule has 0 N–H and O–H groups in total. The summed E-state index contributed by atoms with van der Waals surface area (Å²) in [5.41, 5.74) is 4.58. The molecule has 0 aromatic heterocycles. The van der Waals surface area contributed by atoms with Crippen LogP contribution in [-0.4, -0.2) is 11.8 Å². The molecule has 0 saturated heterocycles. The van der Waals surface area contributed by atoms with Gasteiger partial charge in [-0.25, -0.2) is 41.8 Å². The number of carbonyl (C=O) groups excluding carboxylic acids is 2. The molecule has 9 heteroatoms. The number of amides is 2. The summed E-state index contributed by atoms with van der Waals surface area (Å²) < 4.78 is 54.9. The zero-order valence-corrected chi connectivity index (χ0v) is 35.2. The van der Waals surface area contributed by atoms with Gasteiger partial charge in [0.25, 0.3) is 0 Å². The molecule has 0 unspecified atom stereocenters. The summed E-state index contributed by atoms with van der Waals surface area (Å²) in [6, 6.07) is 61.3. The zero-order valence-electron chi connectivity index (χ0n) is 33.6. The Bertz CT molecular complexity index is 2270. The van der Waals surface area contributed by atoms with E-state index in [0.29, 0.717) is 11.1 Å². The summed E-state index contributed by atoms with van der Waals surface area (Å²) >= 11 is 0. The van der Waals surface area contributed by atoms with Crippen molar-refractivity contribution in [2.24, 2.45) is 0 Å². The Morgan fingerprint density at radius 2 is 0.787 bits per heavy atom. The van der Waals surface area contributed by atoms with Crippen molar-refractivity contribution in [3.8, 4) is 0 Å². The van der Waals surface area contributed by atoms with E-state index in [-0.39, 0.29) is 58.0 Å². The molecule has 0 saturated carbocycles. The largest absolute Gasteiger partial charge is 4.00 e. The van der Waals surface area contributed by atoms with Crippen molar-refractivity contribution >= 4 is 23.2 Å². The number of hydrogen-bond donors (Lipinski definition) is 0. The van der Waals surface area contributed by atoms with Crippen LogP contribution in [0.5, 0.6) is 0 Å². The Morgan fingerprint density at radius 3 is 1.07 bits per heavy atom. The second-order valence-electron chi connectivity index (χ2n) is 13.4. The fraction of sp³-hybridized carbons (Fsp3) is 0.0769. The van der Waals surface area contributed by atoms with Crippen LogP contribution in [0.1, 0.15) is 43.0 Å². The quantitative estimate of drug-likeness (QED) is 0.0868. The Hall–Kier alpha value is -6.61. The van der Waals surface area contributed by atoms with Crippen LogP contribution < -0.4 is 9.80 Å². The third-order valence-corrected chi connectivity index (χ3v) is 8.83. The SMILES string of the molecule is Cc1ccc(C(=O)N(Cc2ccccc2)c2ccc(F)[c-]c2F)cc1.Cc1ccc(C(=O)N(Cc2ccccc2)c2ccc(F)[c-]c2F)cc1.[Ti+4].c1cc[cH-]c1.c1cc[cH-]c1. The van der Waals surface area contributed by atoms with Crippen LogP contribution in [0.15, 0.2) is 194 Å². The van der Waals surface area contributed by atoms with Crippen molar-refractivity contribution in [3.05, 3.63) is 263 Å². The monoisotopic (exact) mass is 850 g/mol. The first kappa shape index (κ1) is 47.1. The molecule has 0 aliphatic carbocycles. The number of halogens is 4. The molecule has 0 spiro atoms. The molecule has 0 bridgehead atoms. The van der Waals surface area contributed by atoms with E-state index in [1.807, 2.05) is 172 Å². The van der Waals surface area contributed by atoms with E-state index in [9.17, 15) is 27.2 Å². The van der Waals surface area contributed by atoms with Gasteiger partial charge in [-0.05, 0) is 60.6 Å². The molecular weight excluding hydrogens is 808 g/mol. The number of aryl methyl sites for hydroxylation is 2. The van der Waals surface area contributed by atoms with E-state index >= 15 is 0 Å². The smallest absolute Gasteiger partial charge is 0.355 e. The molecule has 0 atom stereocenters. The summed E-state index contributed by atoms with van der Waals surface area (Å²) in [5, 5.41) is 0. The number of anilines is 2. The van der Waals surface area contributed by atoms with E-state index in [0.717, 1.165) is 34.4 Å². The Balaban J connectivity index is 0.000000215. The predicted molar refractivity (Wildman–Crippen MR) is 231 cm³/mol. The molecule has 0 radical (unpaired) electrons. The molecule has 304 valence electrons. The maximum Gasteiger partial charge on any atom is 4.00 e. The summed E-state index contributed by atoms with van der Waals surface area (Å²) in [6.45, 7) is 4.18. The molecule has 61 heavy (non-hydrogen) atoms. The molecule has 0 aliphatic heterocycles. The maximum atomic E-state index is 14.3. The minimum absolute atomic E-state index is 0. The van der Waals surface area contributed by atoms with Crippen LogP contribution >= 0.6 is 0 Å². The summed E-state index contributed by atoms with van der Waals surface area (Å²) in [4.78, 5) is 28.5. The molecule has 0 aliphatic rings. The number of carbonyl (C=O) groups is 2. The van der Waals surface area contributed by atoms with E-state index in [1.54, 1.807) is 24.3 Å². The first-order valence-electron chi connectivity index (χ1n) is 19.0. The predicted octanol–water partition coefficient (Wildman–Crippen LogP) is 12.6. The van der Waals surface area contributed by atoms with Gasteiger partial charge in [-0.3, -0.25) is 9.59 Å². The Kier molecular flexibility index (Phi) is 18.9. The number of rotatable bonds is 8. The number of nitrogens with zero attached hydrogens (tertiary/aromatic N) is 2. The van der Waals surface area contributed by atoms with E-state index in [4.69, 9.17) is 0 Å². The summed E-state index contributed by atoms with van der Waals surface area (Å²) in [5.74, 6) is -4.11. The molecular formula is C52H42F4N2O2Ti. The molecule has 8 aromatic rings. The standard InChI is InChI=1S/2C21H16F2NO.2C5H5.Ti/c2*1-15-7-9-17(10-8-15)21(25)24(14-16-5-3-2-4-6-16)20-12-11-18(22)13-19(20)23;2*1-2-4-5-3-1;/h2*2-12H,14H2,1H3;2*1-5H;/q4*-1;+4. The molecule has 0 heterocycles. The van der Waals surface area contributed by atoms with Gasteiger partial charge in [0.15, 0.2) is 0 Å². The minimum atomic E-state index is -0.892. The molecule has 4 nitrogen and oxygen atoms in total. The van der Waals surface area contributed by atoms with Gasteiger partial charge in [0, 0.05) is 47.5 Å². The second kappa shape index (κ2) is 24.5. The van der Waals surface area contributed by atoms with E-state index < -0.39 is 23.3 Å². The topological polar surface area (TPSA) is 40.6 Å². The van der Waals surface area contributed by atoms with Crippen LogP contribution in [0.4, 0.5) is 28.9 Å². The number of benzene rings is 6. The number of hydrogen-bond acceptors (Lipinski definition) is 2. The minimum Gasteiger partial charge on any atom is -0.355 e. The zero-order chi connectivity index (χ0) is 42.7. The van der Waals surface area contributed by atoms with Gasteiger partial charge >= 0.3 is 21.7 Å². The Labute approximate surface area is 370 Å². The van der Waals surface area contributed by atoms with Gasteiger partial charge in [0.1, 0.15) is 0 Å². The van der Waals surface area contributed by atoms with Gasteiger partial charge in [-0.1, -0.05) is 96.1 Å². The summed E-state index contributed by atoms with van der Waals surface area (Å²) in [7, 11) is 0. The van der Waals surface area contributed by atoms with Gasteiger partial charge in [-0.15, -0.1) is 36.4 Å². The molecule has 8 aromatic carbocycles. The maximum absolute atomic E-state index is 14.3. The average molecular weight is 851 g/mol. The van der Waals surface area contributed by atoms with Crippen molar-refractivity contribution in [1.82, 2.24) is 0 Å². The third-order valence-electron chi connectivity index (χ3n) is 8.83. The third kappa shape index (κ3) is 14.9. The fourth-order valence-electron chi connectivity index (χ4n) is 5.70. The van der Waals surface area contributed by atoms with E-state index in [2.05, 4.69) is 0 Å². The fourth-order valence-corrected chi connectivity index (χ4v) is 5.70. The van der Waals surface area contributed by atoms with Crippen LogP contribution in [0.25, 0.3) is 0 Å². The molecule has 8 rings (SSSR count). The molecule has 2 amide bonds. The first-order valence-corrected chi connectivity index (χ1v) is 19.0. The Morgan fingerprint density at radius 1 is 0.459 bits per heavy atom. The van der Waals surface area contributed by atoms with Crippen LogP contribution in [-0.2, 0) is 34.8 Å². The van der Waals surface area contributed by atoms with E-state index in [1.165, 1.54) is 21.9 Å². The normalized spacial score (nSPS) is 9.93. The van der Waals surface area contributed by atoms with Crippen molar-refractivity contribution in [3.63, 3.8) is 0 Å². The van der Waals surface area contributed by atoms with Crippen molar-refractivity contribution in [2.45, 2.75) is 26.9 Å². The van der Waals surface area contributed by atoms with Crippen molar-refractivity contribution in [2.75, 3.05) is 9.80 Å². The van der Waals surface area contributed by atoms with Gasteiger partial charge in [-0.2, -0.15) is 36.4 Å². The van der Waals surface area contributed by atoms with Crippen LogP contribution in [0.2, 0.25) is 0 Å². The van der Waals surface area contributed by atoms with Crippen molar-refractivity contribution in [1.29, 1.82) is 0 Å². The van der Waals surface area contributed by atoms with Gasteiger partial charge in [0.05, 0.1) is 0 Å². The summed E-state index contributed by atoms with van der Waals surface area (Å²) in [6.07, 6.45) is 0. The first-order chi connectivity index (χ1) is 29.1. The van der Waals surface area contributed by atoms with Crippen LogP contribution in [0.3, 0.4) is 0 Å². The van der Waals surface area contributed by atoms with Gasteiger partial charge in [0.2, 0.25) is 11.8 Å². The average Bonchev–Trinajstić information content (AvgIpc) is 4.05. The van der Waals surface area contributed by atoms with Crippen LogP contribution in [0, 0.1) is 49.2 Å². The van der Waals surface area contributed by atoms with Crippen molar-refractivity contribution < 1.29 is 48.9 Å².